The predicted octanol–water partition coefficient (Wildman–Crippen LogP) is 1.19. The van der Waals surface area contributed by atoms with Crippen LogP contribution in [0.1, 0.15) is 12.5 Å². The topological polar surface area (TPSA) is 73.2 Å². The van der Waals surface area contributed by atoms with Crippen LogP contribution in [-0.4, -0.2) is 38.4 Å². The van der Waals surface area contributed by atoms with E-state index in [1.165, 1.54) is 16.4 Å². The van der Waals surface area contributed by atoms with E-state index in [-0.39, 0.29) is 21.5 Å². The minimum Gasteiger partial charge on any atom is -0.314 e. The summed E-state index contributed by atoms with van der Waals surface area (Å²) in [5, 5.41) is 12.4. The Balaban J connectivity index is 2.51. The summed E-state index contributed by atoms with van der Waals surface area (Å²) in [6.07, 6.45) is 0. The summed E-state index contributed by atoms with van der Waals surface area (Å²) in [4.78, 5) is -0.0174. The number of rotatable bonds is 2. The van der Waals surface area contributed by atoms with E-state index in [9.17, 15) is 8.42 Å². The second kappa shape index (κ2) is 5.47. The van der Waals surface area contributed by atoms with Gasteiger partial charge < -0.3 is 5.32 Å². The summed E-state index contributed by atoms with van der Waals surface area (Å²) < 4.78 is 26.6. The van der Waals surface area contributed by atoms with E-state index in [1.54, 1.807) is 6.07 Å². The molecule has 5 nitrogen and oxygen atoms in total. The van der Waals surface area contributed by atoms with Crippen LogP contribution in [0.2, 0.25) is 5.02 Å². The van der Waals surface area contributed by atoms with E-state index >= 15 is 0 Å². The molecule has 0 saturated carbocycles. The summed E-state index contributed by atoms with van der Waals surface area (Å²) in [6, 6.07) is 6.21. The van der Waals surface area contributed by atoms with E-state index in [0.717, 1.165) is 0 Å². The average Bonchev–Trinajstić information content (AvgIpc) is 2.38. The maximum Gasteiger partial charge on any atom is 0.244 e. The third-order valence-electron chi connectivity index (χ3n) is 3.11. The van der Waals surface area contributed by atoms with Crippen LogP contribution in [0.15, 0.2) is 23.1 Å². The van der Waals surface area contributed by atoms with Gasteiger partial charge in [0, 0.05) is 25.7 Å². The summed E-state index contributed by atoms with van der Waals surface area (Å²) >= 11 is 5.89. The quantitative estimate of drug-likeness (QED) is 0.890. The first-order valence-electron chi connectivity index (χ1n) is 5.89. The summed E-state index contributed by atoms with van der Waals surface area (Å²) in [6.45, 7) is 3.43. The molecule has 0 aliphatic carbocycles. The molecule has 0 spiro atoms. The lowest BCUT2D eigenvalue weighted by Gasteiger charge is -2.33. The van der Waals surface area contributed by atoms with Gasteiger partial charge in [0.25, 0.3) is 0 Å². The molecule has 0 aromatic heterocycles. The third kappa shape index (κ3) is 2.60. The predicted molar refractivity (Wildman–Crippen MR) is 72.4 cm³/mol. The Kier molecular flexibility index (Phi) is 4.11. The Morgan fingerprint density at radius 1 is 1.53 bits per heavy atom. The number of nitrogens with one attached hydrogen (secondary N) is 1. The molecule has 1 unspecified atom stereocenters. The second-order valence-electron chi connectivity index (χ2n) is 4.39. The maximum atomic E-state index is 12.6. The standard InChI is InChI=1S/C12H14ClN3O2S/c1-9-8-15-5-6-16(9)19(17,18)12-4-2-3-11(13)10(12)7-14/h2-4,9,15H,5-6,8H2,1H3. The van der Waals surface area contributed by atoms with Crippen molar-refractivity contribution in [1.29, 1.82) is 5.26 Å². The number of hydrogen-bond acceptors (Lipinski definition) is 4. The molecule has 1 aromatic carbocycles. The molecule has 0 radical (unpaired) electrons. The van der Waals surface area contributed by atoms with Crippen molar-refractivity contribution in [3.05, 3.63) is 28.8 Å². The average molecular weight is 300 g/mol. The van der Waals surface area contributed by atoms with E-state index in [1.807, 2.05) is 13.0 Å². The Hall–Kier alpha value is -1.13. The number of piperazine rings is 1. The number of nitriles is 1. The van der Waals surface area contributed by atoms with Crippen molar-refractivity contribution in [3.8, 4) is 6.07 Å². The summed E-state index contributed by atoms with van der Waals surface area (Å²) in [5.74, 6) is 0. The Morgan fingerprint density at radius 2 is 2.26 bits per heavy atom. The first kappa shape index (κ1) is 14.3. The Labute approximate surface area is 117 Å². The molecule has 1 aliphatic rings. The smallest absolute Gasteiger partial charge is 0.244 e. The number of halogens is 1. The highest BCUT2D eigenvalue weighted by molar-refractivity contribution is 7.89. The number of benzene rings is 1. The largest absolute Gasteiger partial charge is 0.314 e. The summed E-state index contributed by atoms with van der Waals surface area (Å²) in [5.41, 5.74) is 0.00917. The van der Waals surface area contributed by atoms with Crippen molar-refractivity contribution in [2.45, 2.75) is 17.9 Å². The van der Waals surface area contributed by atoms with E-state index in [0.29, 0.717) is 19.6 Å². The molecule has 1 N–H and O–H groups in total. The third-order valence-corrected chi connectivity index (χ3v) is 5.49. The lowest BCUT2D eigenvalue weighted by molar-refractivity contribution is 0.284. The van der Waals surface area contributed by atoms with Crippen LogP contribution >= 0.6 is 11.6 Å². The molecule has 1 heterocycles. The number of nitrogens with zero attached hydrogens (tertiary/aromatic N) is 2. The molecule has 102 valence electrons. The molecule has 1 fully saturated rings. The molecule has 1 atom stereocenters. The van der Waals surface area contributed by atoms with Crippen molar-refractivity contribution >= 4 is 21.6 Å². The number of hydrogen-bond donors (Lipinski definition) is 1. The zero-order valence-corrected chi connectivity index (χ0v) is 12.0. The van der Waals surface area contributed by atoms with Gasteiger partial charge in [-0.05, 0) is 19.1 Å². The zero-order chi connectivity index (χ0) is 14.0. The fourth-order valence-electron chi connectivity index (χ4n) is 2.13. The fraction of sp³-hybridized carbons (Fsp3) is 0.417. The van der Waals surface area contributed by atoms with Crippen LogP contribution in [0.4, 0.5) is 0 Å². The molecule has 1 saturated heterocycles. The highest BCUT2D eigenvalue weighted by Gasteiger charge is 2.33. The summed E-state index contributed by atoms with van der Waals surface area (Å²) in [7, 11) is -3.69. The van der Waals surface area contributed by atoms with E-state index in [4.69, 9.17) is 16.9 Å². The van der Waals surface area contributed by atoms with Crippen LogP contribution in [0, 0.1) is 11.3 Å². The molecule has 1 aliphatic heterocycles. The van der Waals surface area contributed by atoms with Crippen molar-refractivity contribution in [3.63, 3.8) is 0 Å². The Morgan fingerprint density at radius 3 is 2.89 bits per heavy atom. The zero-order valence-electron chi connectivity index (χ0n) is 10.4. The van der Waals surface area contributed by atoms with Crippen molar-refractivity contribution in [2.75, 3.05) is 19.6 Å². The van der Waals surface area contributed by atoms with Gasteiger partial charge in [-0.1, -0.05) is 17.7 Å². The van der Waals surface area contributed by atoms with Crippen LogP contribution in [0.25, 0.3) is 0 Å². The SMILES string of the molecule is CC1CNCCN1S(=O)(=O)c1cccc(Cl)c1C#N. The van der Waals surface area contributed by atoms with Crippen LogP contribution in [-0.2, 0) is 10.0 Å². The highest BCUT2D eigenvalue weighted by Crippen LogP contribution is 2.27. The number of sulfonamides is 1. The normalized spacial score (nSPS) is 21.0. The van der Waals surface area contributed by atoms with E-state index in [2.05, 4.69) is 5.32 Å². The first-order chi connectivity index (χ1) is 8.98. The molecule has 0 bridgehead atoms. The van der Waals surface area contributed by atoms with Crippen molar-refractivity contribution in [2.24, 2.45) is 0 Å². The van der Waals surface area contributed by atoms with Gasteiger partial charge in [0.05, 0.1) is 10.6 Å². The van der Waals surface area contributed by atoms with Crippen molar-refractivity contribution < 1.29 is 8.42 Å². The minimum atomic E-state index is -3.69. The molecule has 2 rings (SSSR count). The van der Waals surface area contributed by atoms with Crippen LogP contribution in [0.5, 0.6) is 0 Å². The van der Waals surface area contributed by atoms with Gasteiger partial charge in [-0.25, -0.2) is 8.42 Å². The van der Waals surface area contributed by atoms with Gasteiger partial charge in [-0.15, -0.1) is 0 Å². The second-order valence-corrected chi connectivity index (χ2v) is 6.66. The fourth-order valence-corrected chi connectivity index (χ4v) is 4.20. The van der Waals surface area contributed by atoms with Gasteiger partial charge in [0.15, 0.2) is 0 Å². The van der Waals surface area contributed by atoms with Gasteiger partial charge >= 0.3 is 0 Å². The molecule has 7 heteroatoms. The Bertz CT molecular complexity index is 624. The van der Waals surface area contributed by atoms with Gasteiger partial charge in [-0.3, -0.25) is 0 Å². The van der Waals surface area contributed by atoms with Crippen LogP contribution < -0.4 is 5.32 Å². The van der Waals surface area contributed by atoms with Gasteiger partial charge in [0.1, 0.15) is 11.0 Å². The molecule has 19 heavy (non-hydrogen) atoms. The lowest BCUT2D eigenvalue weighted by atomic mass is 10.2. The van der Waals surface area contributed by atoms with Crippen molar-refractivity contribution in [1.82, 2.24) is 9.62 Å². The van der Waals surface area contributed by atoms with Crippen LogP contribution in [0.3, 0.4) is 0 Å². The maximum absolute atomic E-state index is 12.6. The monoisotopic (exact) mass is 299 g/mol. The van der Waals surface area contributed by atoms with Gasteiger partial charge in [-0.2, -0.15) is 9.57 Å². The van der Waals surface area contributed by atoms with E-state index < -0.39 is 10.0 Å². The molecule has 0 amide bonds. The highest BCUT2D eigenvalue weighted by atomic mass is 35.5. The lowest BCUT2D eigenvalue weighted by Crippen LogP contribution is -2.52. The minimum absolute atomic E-state index is 0.00917. The molecular formula is C12H14ClN3O2S. The van der Waals surface area contributed by atoms with Gasteiger partial charge in [0.2, 0.25) is 10.0 Å². The molecule has 1 aromatic rings. The molecular weight excluding hydrogens is 286 g/mol. The first-order valence-corrected chi connectivity index (χ1v) is 7.71.